The van der Waals surface area contributed by atoms with Gasteiger partial charge < -0.3 is 28.6 Å². The van der Waals surface area contributed by atoms with Crippen molar-refractivity contribution in [2.45, 2.75) is 26.2 Å². The molecule has 2 heterocycles. The fourth-order valence-electron chi connectivity index (χ4n) is 17.4. The highest BCUT2D eigenvalue weighted by Crippen LogP contribution is 2.55. The first-order chi connectivity index (χ1) is 58.2. The first-order valence-electron chi connectivity index (χ1n) is 40.5. The fourth-order valence-corrected chi connectivity index (χ4v) is 17.4. The van der Waals surface area contributed by atoms with Crippen LogP contribution in [-0.4, -0.2) is 9.13 Å². The van der Waals surface area contributed by atoms with Gasteiger partial charge in [0.05, 0.1) is 50.5 Å². The van der Waals surface area contributed by atoms with Gasteiger partial charge in [0.25, 0.3) is 0 Å². The normalized spacial score (nSPS) is 11.5. The minimum absolute atomic E-state index is 0.404. The Hall–Kier alpha value is -15.2. The zero-order valence-electron chi connectivity index (χ0n) is 65.9. The summed E-state index contributed by atoms with van der Waals surface area (Å²) in [6, 6.07) is 164. The fraction of sp³-hybridized carbons (Fsp3) is 0.0357. The molecule has 18 aromatic carbocycles. The molecule has 0 N–H and O–H groups in total. The summed E-state index contributed by atoms with van der Waals surface area (Å²) in [4.78, 5) is 7.53. The number of aromatic nitrogens is 2. The maximum Gasteiger partial charge on any atom is 0.131 e. The van der Waals surface area contributed by atoms with E-state index in [1.54, 1.807) is 0 Å². The van der Waals surface area contributed by atoms with Crippen LogP contribution in [0.3, 0.4) is 0 Å². The SMILES string of the molecule is CC(C)(C)c1cc(N(c2cc(Oc3cccc(-n4c5ccccc5c5ccccc54)c3)cc(N(c3cccc(-n4c5ccccc5c5ccccc54)c3)c3c(-c4ccccc4)cccc3-c3ccccc3)c2)c2ccccc2-c2ccccc2)cc(N(c2cccc(-c3ccccc3)c2)c2c(-c3ccccc3)cccc2-c2ccccc2)c1. The standard InChI is InChI=1S/C112H83N5O/c1-112(2,3)85-70-90(73-91(71-85)114(86-50-32-49-84(69-86)78-37-10-4-11-38-78)110-97(80-41-14-6-15-42-80)60-35-61-98(110)81-43-16-7-17-44-81)113(105-64-27-22-55-96(105)79-39-12-5-13-40-79)92-74-93(77-95(76-92)118-94-54-34-53-89(75-94)117-108-67-30-25-58-103(108)104-59-26-31-68-109(104)117)115(111-99(82-45-18-8-19-46-82)62-36-63-100(111)83-47-20-9-21-48-83)87-51-33-52-88(72-87)116-106-65-28-23-56-101(106)102-57-24-29-66-107(102)116/h4-77H,1-3H3. The third kappa shape index (κ3) is 13.6. The smallest absolute Gasteiger partial charge is 0.131 e. The van der Waals surface area contributed by atoms with E-state index in [2.05, 4.69) is 494 Å². The van der Waals surface area contributed by atoms with Gasteiger partial charge in [0, 0.05) is 102 Å². The van der Waals surface area contributed by atoms with Gasteiger partial charge in [-0.2, -0.15) is 0 Å². The van der Waals surface area contributed by atoms with Crippen molar-refractivity contribution in [3.63, 3.8) is 0 Å². The summed E-state index contributed by atoms with van der Waals surface area (Å²) in [5.41, 5.74) is 28.7. The molecule has 0 bridgehead atoms. The Kier molecular flexibility index (Phi) is 18.8. The zero-order valence-corrected chi connectivity index (χ0v) is 65.9. The number of rotatable bonds is 19. The predicted octanol–water partition coefficient (Wildman–Crippen LogP) is 31.4. The molecule has 0 saturated heterocycles. The van der Waals surface area contributed by atoms with Gasteiger partial charge in [-0.05, 0) is 147 Å². The molecule has 6 nitrogen and oxygen atoms in total. The molecule has 118 heavy (non-hydrogen) atoms. The van der Waals surface area contributed by atoms with E-state index in [0.29, 0.717) is 11.5 Å². The van der Waals surface area contributed by atoms with E-state index < -0.39 is 5.41 Å². The maximum atomic E-state index is 7.82. The topological polar surface area (TPSA) is 28.8 Å². The van der Waals surface area contributed by atoms with Gasteiger partial charge in [0.15, 0.2) is 0 Å². The minimum Gasteiger partial charge on any atom is -0.457 e. The number of benzene rings is 18. The monoisotopic (exact) mass is 1510 g/mol. The third-order valence-electron chi connectivity index (χ3n) is 22.8. The number of ether oxygens (including phenoxy) is 1. The van der Waals surface area contributed by atoms with Gasteiger partial charge in [0.2, 0.25) is 0 Å². The molecule has 20 rings (SSSR count). The summed E-state index contributed by atoms with van der Waals surface area (Å²) in [7, 11) is 0. The number of nitrogens with zero attached hydrogens (tertiary/aromatic N) is 5. The lowest BCUT2D eigenvalue weighted by atomic mass is 9.85. The Morgan fingerprint density at radius 2 is 0.525 bits per heavy atom. The molecule has 0 saturated carbocycles. The van der Waals surface area contributed by atoms with Crippen molar-refractivity contribution in [1.29, 1.82) is 0 Å². The van der Waals surface area contributed by atoms with Crippen molar-refractivity contribution in [1.82, 2.24) is 9.13 Å². The van der Waals surface area contributed by atoms with Crippen LogP contribution in [0.4, 0.5) is 51.2 Å². The highest BCUT2D eigenvalue weighted by molar-refractivity contribution is 6.11. The van der Waals surface area contributed by atoms with Crippen LogP contribution in [-0.2, 0) is 5.41 Å². The van der Waals surface area contributed by atoms with Gasteiger partial charge in [0.1, 0.15) is 11.5 Å². The van der Waals surface area contributed by atoms with E-state index in [4.69, 9.17) is 4.74 Å². The average molecular weight is 1510 g/mol. The molecular weight excluding hydrogens is 1430 g/mol. The number of para-hydroxylation sites is 7. The molecule has 562 valence electrons. The molecule has 2 aromatic heterocycles. The van der Waals surface area contributed by atoms with Crippen LogP contribution in [0.1, 0.15) is 26.3 Å². The zero-order chi connectivity index (χ0) is 79.0. The maximum absolute atomic E-state index is 7.82. The molecule has 0 amide bonds. The average Bonchev–Trinajstić information content (AvgIpc) is 1.16. The highest BCUT2D eigenvalue weighted by Gasteiger charge is 2.31. The number of hydrogen-bond donors (Lipinski definition) is 0. The van der Waals surface area contributed by atoms with Crippen LogP contribution in [0.15, 0.2) is 449 Å². The number of fused-ring (bicyclic) bond motifs is 6. The second kappa shape index (κ2) is 30.9. The van der Waals surface area contributed by atoms with Gasteiger partial charge in [-0.3, -0.25) is 0 Å². The summed E-state index contributed by atoms with van der Waals surface area (Å²) in [6.45, 7) is 7.02. The van der Waals surface area contributed by atoms with Gasteiger partial charge in [-0.25, -0.2) is 0 Å². The minimum atomic E-state index is -0.404. The predicted molar refractivity (Wildman–Crippen MR) is 497 cm³/mol. The van der Waals surface area contributed by atoms with Gasteiger partial charge in [-0.1, -0.05) is 354 Å². The van der Waals surface area contributed by atoms with Crippen LogP contribution in [0.2, 0.25) is 0 Å². The summed E-state index contributed by atoms with van der Waals surface area (Å²) in [5, 5.41) is 4.75. The number of anilines is 9. The second-order valence-electron chi connectivity index (χ2n) is 31.2. The lowest BCUT2D eigenvalue weighted by molar-refractivity contribution is 0.483. The molecule has 0 atom stereocenters. The van der Waals surface area contributed by atoms with Crippen molar-refractivity contribution in [2.75, 3.05) is 14.7 Å². The molecule has 0 fully saturated rings. The molecule has 0 aliphatic rings. The quantitative estimate of drug-likeness (QED) is 0.0807. The van der Waals surface area contributed by atoms with Crippen LogP contribution in [0.25, 0.3) is 122 Å². The Labute approximate surface area is 689 Å². The summed E-state index contributed by atoms with van der Waals surface area (Å²) >= 11 is 0. The molecule has 0 aliphatic heterocycles. The van der Waals surface area contributed by atoms with E-state index in [9.17, 15) is 0 Å². The molecule has 0 unspecified atom stereocenters. The van der Waals surface area contributed by atoms with E-state index in [-0.39, 0.29) is 0 Å². The second-order valence-corrected chi connectivity index (χ2v) is 31.2. The van der Waals surface area contributed by atoms with Crippen molar-refractivity contribution < 1.29 is 4.74 Å². The first kappa shape index (κ1) is 71.8. The summed E-state index contributed by atoms with van der Waals surface area (Å²) < 4.78 is 12.6. The Balaban J connectivity index is 0.903. The van der Waals surface area contributed by atoms with Crippen molar-refractivity contribution >= 4 is 94.8 Å². The van der Waals surface area contributed by atoms with Crippen LogP contribution >= 0.6 is 0 Å². The Morgan fingerprint density at radius 3 is 0.966 bits per heavy atom. The highest BCUT2D eigenvalue weighted by atomic mass is 16.5. The molecule has 0 aliphatic carbocycles. The largest absolute Gasteiger partial charge is 0.457 e. The molecule has 6 heteroatoms. The van der Waals surface area contributed by atoms with E-state index in [1.807, 2.05) is 0 Å². The molecule has 0 spiro atoms. The van der Waals surface area contributed by atoms with Crippen molar-refractivity contribution in [2.24, 2.45) is 0 Å². The number of hydrogen-bond acceptors (Lipinski definition) is 4. The van der Waals surface area contributed by atoms with Crippen molar-refractivity contribution in [3.05, 3.63) is 454 Å². The molecule has 0 radical (unpaired) electrons. The summed E-state index contributed by atoms with van der Waals surface area (Å²) in [5.74, 6) is 1.29. The van der Waals surface area contributed by atoms with Gasteiger partial charge in [-0.15, -0.1) is 0 Å². The van der Waals surface area contributed by atoms with Gasteiger partial charge >= 0.3 is 0 Å². The van der Waals surface area contributed by atoms with E-state index in [1.165, 1.54) is 21.5 Å². The Morgan fingerprint density at radius 1 is 0.212 bits per heavy atom. The Bertz CT molecular complexity index is 6850. The van der Waals surface area contributed by atoms with E-state index >= 15 is 0 Å². The van der Waals surface area contributed by atoms with E-state index in [0.717, 1.165) is 157 Å². The lowest BCUT2D eigenvalue weighted by Gasteiger charge is -2.35. The van der Waals surface area contributed by atoms with Crippen LogP contribution < -0.4 is 19.4 Å². The van der Waals surface area contributed by atoms with Crippen molar-refractivity contribution in [3.8, 4) is 89.6 Å². The molecule has 20 aromatic rings. The van der Waals surface area contributed by atoms with Crippen LogP contribution in [0, 0.1) is 0 Å². The first-order valence-corrected chi connectivity index (χ1v) is 40.5. The molecular formula is C112H83N5O. The van der Waals surface area contributed by atoms with Crippen LogP contribution in [0.5, 0.6) is 11.5 Å². The lowest BCUT2D eigenvalue weighted by Crippen LogP contribution is -2.19. The summed E-state index contributed by atoms with van der Waals surface area (Å²) in [6.07, 6.45) is 0. The third-order valence-corrected chi connectivity index (χ3v) is 22.8.